The van der Waals surface area contributed by atoms with Crippen LogP contribution in [0.3, 0.4) is 0 Å². The van der Waals surface area contributed by atoms with Crippen molar-refractivity contribution in [2.75, 3.05) is 37.6 Å². The largest absolute Gasteiger partial charge is 0.353 e. The van der Waals surface area contributed by atoms with Gasteiger partial charge in [0.1, 0.15) is 5.82 Å². The Kier molecular flexibility index (Phi) is 3.37. The van der Waals surface area contributed by atoms with E-state index in [9.17, 15) is 0 Å². The molecule has 0 aliphatic carbocycles. The van der Waals surface area contributed by atoms with Crippen molar-refractivity contribution in [2.45, 2.75) is 6.92 Å². The zero-order valence-electron chi connectivity index (χ0n) is 9.56. The Hall–Kier alpha value is -1.60. The van der Waals surface area contributed by atoms with Gasteiger partial charge in [0.2, 0.25) is 0 Å². The van der Waals surface area contributed by atoms with Crippen LogP contribution in [0.4, 0.5) is 5.82 Å². The molecular weight excluding hydrogens is 200 g/mol. The Balaban J connectivity index is 1.97. The van der Waals surface area contributed by atoms with Crippen LogP contribution in [0, 0.1) is 19.3 Å². The number of aromatic nitrogens is 2. The van der Waals surface area contributed by atoms with E-state index >= 15 is 0 Å². The van der Waals surface area contributed by atoms with E-state index in [1.54, 1.807) is 6.20 Å². The molecule has 1 saturated heterocycles. The third kappa shape index (κ3) is 2.50. The summed E-state index contributed by atoms with van der Waals surface area (Å²) in [4.78, 5) is 13.2. The lowest BCUT2D eigenvalue weighted by Gasteiger charge is -2.34. The van der Waals surface area contributed by atoms with Crippen molar-refractivity contribution in [1.82, 2.24) is 14.9 Å². The van der Waals surface area contributed by atoms with Crippen LogP contribution in [0.15, 0.2) is 12.4 Å². The standard InChI is InChI=1S/C12H16N4/c1-3-4-15-5-7-16(8-6-15)12-10-13-9-11(2)14-12/h1,9-10H,4-8H2,2H3. The highest BCUT2D eigenvalue weighted by molar-refractivity contribution is 5.36. The Morgan fingerprint density at radius 2 is 2.06 bits per heavy atom. The summed E-state index contributed by atoms with van der Waals surface area (Å²) in [5, 5.41) is 0. The topological polar surface area (TPSA) is 32.3 Å². The SMILES string of the molecule is C#CCN1CCN(c2cncc(C)n2)CC1. The molecule has 0 unspecified atom stereocenters. The van der Waals surface area contributed by atoms with Gasteiger partial charge >= 0.3 is 0 Å². The quantitative estimate of drug-likeness (QED) is 0.675. The molecule has 0 amide bonds. The Bertz CT molecular complexity index is 388. The lowest BCUT2D eigenvalue weighted by atomic mass is 10.3. The highest BCUT2D eigenvalue weighted by Gasteiger charge is 2.17. The highest BCUT2D eigenvalue weighted by Crippen LogP contribution is 2.12. The Labute approximate surface area is 96.3 Å². The lowest BCUT2D eigenvalue weighted by Crippen LogP contribution is -2.46. The summed E-state index contributed by atoms with van der Waals surface area (Å²) in [6, 6.07) is 0. The fourth-order valence-corrected chi connectivity index (χ4v) is 1.87. The minimum Gasteiger partial charge on any atom is -0.353 e. The van der Waals surface area contributed by atoms with Gasteiger partial charge in [-0.15, -0.1) is 6.42 Å². The van der Waals surface area contributed by atoms with Crippen LogP contribution in [0.25, 0.3) is 0 Å². The summed E-state index contributed by atoms with van der Waals surface area (Å²) in [6.45, 7) is 6.65. The fraction of sp³-hybridized carbons (Fsp3) is 0.500. The average Bonchev–Trinajstić information content (AvgIpc) is 2.30. The molecule has 0 N–H and O–H groups in total. The van der Waals surface area contributed by atoms with E-state index < -0.39 is 0 Å². The number of aryl methyl sites for hydroxylation is 1. The minimum absolute atomic E-state index is 0.743. The lowest BCUT2D eigenvalue weighted by molar-refractivity contribution is 0.287. The molecule has 1 aromatic heterocycles. The van der Waals surface area contributed by atoms with E-state index in [0.29, 0.717) is 0 Å². The van der Waals surface area contributed by atoms with Gasteiger partial charge in [0.05, 0.1) is 18.4 Å². The smallest absolute Gasteiger partial charge is 0.147 e. The van der Waals surface area contributed by atoms with Crippen molar-refractivity contribution in [3.63, 3.8) is 0 Å². The van der Waals surface area contributed by atoms with E-state index in [4.69, 9.17) is 6.42 Å². The summed E-state index contributed by atoms with van der Waals surface area (Å²) in [6.07, 6.45) is 8.90. The number of hydrogen-bond donors (Lipinski definition) is 0. The first-order valence-electron chi connectivity index (χ1n) is 5.49. The molecule has 0 spiro atoms. The van der Waals surface area contributed by atoms with Gasteiger partial charge in [-0.25, -0.2) is 4.98 Å². The summed E-state index contributed by atoms with van der Waals surface area (Å²) >= 11 is 0. The van der Waals surface area contributed by atoms with Crippen LogP contribution in [-0.2, 0) is 0 Å². The summed E-state index contributed by atoms with van der Waals surface area (Å²) in [7, 11) is 0. The molecule has 2 rings (SSSR count). The second-order valence-electron chi connectivity index (χ2n) is 3.99. The second-order valence-corrected chi connectivity index (χ2v) is 3.99. The minimum atomic E-state index is 0.743. The number of rotatable bonds is 2. The maximum Gasteiger partial charge on any atom is 0.147 e. The number of anilines is 1. The Morgan fingerprint density at radius 3 is 2.69 bits per heavy atom. The maximum absolute atomic E-state index is 5.30. The molecule has 4 nitrogen and oxygen atoms in total. The molecule has 0 bridgehead atoms. The maximum atomic E-state index is 5.30. The van der Waals surface area contributed by atoms with Gasteiger partial charge in [-0.2, -0.15) is 0 Å². The molecule has 0 radical (unpaired) electrons. The molecule has 84 valence electrons. The van der Waals surface area contributed by atoms with E-state index in [-0.39, 0.29) is 0 Å². The van der Waals surface area contributed by atoms with Gasteiger partial charge in [-0.3, -0.25) is 9.88 Å². The third-order valence-corrected chi connectivity index (χ3v) is 2.75. The number of piperazine rings is 1. The van der Waals surface area contributed by atoms with E-state index in [2.05, 4.69) is 25.7 Å². The summed E-state index contributed by atoms with van der Waals surface area (Å²) < 4.78 is 0. The summed E-state index contributed by atoms with van der Waals surface area (Å²) in [5.41, 5.74) is 0.962. The molecule has 1 fully saturated rings. The van der Waals surface area contributed by atoms with Crippen molar-refractivity contribution in [3.8, 4) is 12.3 Å². The number of hydrogen-bond acceptors (Lipinski definition) is 4. The molecule has 0 saturated carbocycles. The van der Waals surface area contributed by atoms with Crippen LogP contribution in [0.2, 0.25) is 0 Å². The van der Waals surface area contributed by atoms with Crippen LogP contribution in [0.5, 0.6) is 0 Å². The molecule has 4 heteroatoms. The molecule has 1 aliphatic rings. The zero-order valence-corrected chi connectivity index (χ0v) is 9.56. The first-order valence-corrected chi connectivity index (χ1v) is 5.49. The predicted molar refractivity (Wildman–Crippen MR) is 64.3 cm³/mol. The Morgan fingerprint density at radius 1 is 1.31 bits per heavy atom. The molecule has 16 heavy (non-hydrogen) atoms. The van der Waals surface area contributed by atoms with Crippen molar-refractivity contribution < 1.29 is 0 Å². The monoisotopic (exact) mass is 216 g/mol. The highest BCUT2D eigenvalue weighted by atomic mass is 15.3. The van der Waals surface area contributed by atoms with Gasteiger partial charge in [0.15, 0.2) is 0 Å². The van der Waals surface area contributed by atoms with E-state index in [0.717, 1.165) is 44.2 Å². The van der Waals surface area contributed by atoms with E-state index in [1.165, 1.54) is 0 Å². The van der Waals surface area contributed by atoms with Crippen molar-refractivity contribution in [1.29, 1.82) is 0 Å². The van der Waals surface area contributed by atoms with Crippen LogP contribution >= 0.6 is 0 Å². The predicted octanol–water partition coefficient (Wildman–Crippen LogP) is 0.540. The van der Waals surface area contributed by atoms with Gasteiger partial charge in [0.25, 0.3) is 0 Å². The first-order chi connectivity index (χ1) is 7.79. The fourth-order valence-electron chi connectivity index (χ4n) is 1.87. The van der Waals surface area contributed by atoms with Gasteiger partial charge < -0.3 is 4.90 Å². The molecule has 0 atom stereocenters. The van der Waals surface area contributed by atoms with E-state index in [1.807, 2.05) is 13.1 Å². The molecule has 1 aromatic rings. The van der Waals surface area contributed by atoms with Crippen LogP contribution in [-0.4, -0.2) is 47.6 Å². The average molecular weight is 216 g/mol. The molecule has 2 heterocycles. The molecular formula is C12H16N4. The van der Waals surface area contributed by atoms with Crippen molar-refractivity contribution in [2.24, 2.45) is 0 Å². The third-order valence-electron chi connectivity index (χ3n) is 2.75. The van der Waals surface area contributed by atoms with Crippen molar-refractivity contribution in [3.05, 3.63) is 18.1 Å². The number of nitrogens with zero attached hydrogens (tertiary/aromatic N) is 4. The number of terminal acetylenes is 1. The second kappa shape index (κ2) is 4.95. The zero-order chi connectivity index (χ0) is 11.4. The van der Waals surface area contributed by atoms with Gasteiger partial charge in [0, 0.05) is 32.4 Å². The first kappa shape index (κ1) is 10.9. The van der Waals surface area contributed by atoms with Gasteiger partial charge in [-0.1, -0.05) is 5.92 Å². The molecule has 1 aliphatic heterocycles. The van der Waals surface area contributed by atoms with Gasteiger partial charge in [-0.05, 0) is 6.92 Å². The normalized spacial score (nSPS) is 17.1. The van der Waals surface area contributed by atoms with Crippen LogP contribution in [0.1, 0.15) is 5.69 Å². The van der Waals surface area contributed by atoms with Crippen molar-refractivity contribution >= 4 is 5.82 Å². The summed E-state index contributed by atoms with van der Waals surface area (Å²) in [5.74, 6) is 3.65. The van der Waals surface area contributed by atoms with Crippen LogP contribution < -0.4 is 4.90 Å². The molecule has 0 aromatic carbocycles.